The van der Waals surface area contributed by atoms with Crippen molar-refractivity contribution in [3.05, 3.63) is 81.7 Å². The van der Waals surface area contributed by atoms with Crippen molar-refractivity contribution < 1.29 is 24.2 Å². The maximum absolute atomic E-state index is 12.8. The van der Waals surface area contributed by atoms with E-state index in [9.17, 15) is 24.8 Å². The molecule has 3 N–H and O–H groups in total. The van der Waals surface area contributed by atoms with Gasteiger partial charge in [0.2, 0.25) is 5.91 Å². The van der Waals surface area contributed by atoms with Gasteiger partial charge in [0, 0.05) is 23.2 Å². The van der Waals surface area contributed by atoms with E-state index in [-0.39, 0.29) is 23.8 Å². The van der Waals surface area contributed by atoms with Crippen LogP contribution in [-0.4, -0.2) is 29.5 Å². The van der Waals surface area contributed by atoms with Crippen LogP contribution in [0.2, 0.25) is 5.02 Å². The Bertz CT molecular complexity index is 1110. The maximum Gasteiger partial charge on any atom is 0.352 e. The van der Waals surface area contributed by atoms with Gasteiger partial charge in [-0.25, -0.2) is 4.79 Å². The van der Waals surface area contributed by atoms with Crippen LogP contribution in [-0.2, 0) is 14.3 Å². The molecule has 2 amide bonds. The first kappa shape index (κ1) is 24.2. The van der Waals surface area contributed by atoms with E-state index in [1.807, 2.05) is 0 Å². The van der Waals surface area contributed by atoms with Crippen LogP contribution in [0.5, 0.6) is 0 Å². The molecule has 0 spiro atoms. The van der Waals surface area contributed by atoms with Gasteiger partial charge in [0.05, 0.1) is 12.3 Å². The molecule has 164 valence electrons. The number of aliphatic hydroxyl groups excluding tert-OH is 1. The van der Waals surface area contributed by atoms with Crippen molar-refractivity contribution in [1.29, 1.82) is 5.26 Å². The summed E-state index contributed by atoms with van der Waals surface area (Å²) < 4.78 is 4.80. The maximum atomic E-state index is 12.8. The van der Waals surface area contributed by atoms with E-state index in [1.165, 1.54) is 37.3 Å². The molecule has 0 radical (unpaired) electrons. The van der Waals surface area contributed by atoms with E-state index in [4.69, 9.17) is 16.3 Å². The highest BCUT2D eigenvalue weighted by Gasteiger charge is 2.21. The summed E-state index contributed by atoms with van der Waals surface area (Å²) in [5, 5.41) is 25.5. The highest BCUT2D eigenvalue weighted by molar-refractivity contribution is 6.30. The van der Waals surface area contributed by atoms with Crippen molar-refractivity contribution in [2.45, 2.75) is 13.8 Å². The number of benzene rings is 2. The Kier molecular flexibility index (Phi) is 8.57. The third-order valence-corrected chi connectivity index (χ3v) is 4.23. The van der Waals surface area contributed by atoms with Gasteiger partial charge in [-0.2, -0.15) is 5.26 Å². The number of nitrogens with zero attached hydrogens (tertiary/aromatic N) is 1. The minimum Gasteiger partial charge on any atom is -0.504 e. The molecule has 0 unspecified atom stereocenters. The van der Waals surface area contributed by atoms with Gasteiger partial charge in [0.25, 0.3) is 5.91 Å². The smallest absolute Gasteiger partial charge is 0.352 e. The topological polar surface area (TPSA) is 129 Å². The second-order valence-electron chi connectivity index (χ2n) is 6.38. The van der Waals surface area contributed by atoms with Crippen molar-refractivity contribution in [2.75, 3.05) is 11.9 Å². The molecule has 32 heavy (non-hydrogen) atoms. The van der Waals surface area contributed by atoms with Crippen molar-refractivity contribution >= 4 is 41.1 Å². The van der Waals surface area contributed by atoms with Gasteiger partial charge < -0.3 is 20.5 Å². The summed E-state index contributed by atoms with van der Waals surface area (Å²) in [6.45, 7) is 2.92. The van der Waals surface area contributed by atoms with Gasteiger partial charge in [-0.1, -0.05) is 23.7 Å². The molecular weight excluding hydrogens is 434 g/mol. The van der Waals surface area contributed by atoms with Crippen LogP contribution in [0.1, 0.15) is 29.8 Å². The van der Waals surface area contributed by atoms with E-state index < -0.39 is 23.2 Å². The number of aliphatic hydroxyl groups is 1. The van der Waals surface area contributed by atoms with Gasteiger partial charge in [0.1, 0.15) is 6.07 Å². The van der Waals surface area contributed by atoms with Crippen molar-refractivity contribution in [3.8, 4) is 6.07 Å². The van der Waals surface area contributed by atoms with Gasteiger partial charge in [-0.05, 0) is 55.0 Å². The number of anilines is 1. The molecule has 0 bridgehead atoms. The normalized spacial score (nSPS) is 11.6. The number of ether oxygens (including phenoxy) is 1. The Labute approximate surface area is 189 Å². The number of carbonyl (C=O) groups is 3. The number of halogens is 1. The van der Waals surface area contributed by atoms with E-state index in [1.54, 1.807) is 37.3 Å². The summed E-state index contributed by atoms with van der Waals surface area (Å²) in [5.41, 5.74) is 0.408. The van der Waals surface area contributed by atoms with Crippen LogP contribution < -0.4 is 10.6 Å². The molecule has 2 aromatic carbocycles. The zero-order valence-electron chi connectivity index (χ0n) is 17.3. The van der Waals surface area contributed by atoms with Crippen LogP contribution >= 0.6 is 11.6 Å². The van der Waals surface area contributed by atoms with Gasteiger partial charge in [0.15, 0.2) is 11.3 Å². The lowest BCUT2D eigenvalue weighted by Crippen LogP contribution is -2.25. The van der Waals surface area contributed by atoms with Crippen LogP contribution in [0.4, 0.5) is 5.69 Å². The fourth-order valence-electron chi connectivity index (χ4n) is 2.53. The van der Waals surface area contributed by atoms with E-state index in [0.717, 1.165) is 0 Å². The Morgan fingerprint density at radius 1 is 1.12 bits per heavy atom. The third-order valence-electron chi connectivity index (χ3n) is 3.98. The Balaban J connectivity index is 2.43. The van der Waals surface area contributed by atoms with Crippen LogP contribution in [0, 0.1) is 11.3 Å². The molecule has 0 saturated heterocycles. The number of hydrogen-bond donors (Lipinski definition) is 3. The summed E-state index contributed by atoms with van der Waals surface area (Å²) in [7, 11) is 0. The molecule has 9 heteroatoms. The lowest BCUT2D eigenvalue weighted by atomic mass is 10.1. The molecule has 2 aromatic rings. The van der Waals surface area contributed by atoms with Gasteiger partial charge in [-0.15, -0.1) is 0 Å². The minimum absolute atomic E-state index is 0.000527. The van der Waals surface area contributed by atoms with Crippen molar-refractivity contribution in [3.63, 3.8) is 0 Å². The predicted molar refractivity (Wildman–Crippen MR) is 120 cm³/mol. The second kappa shape index (κ2) is 11.3. The zero-order valence-corrected chi connectivity index (χ0v) is 18.1. The molecule has 0 aliphatic rings. The van der Waals surface area contributed by atoms with Crippen LogP contribution in [0.25, 0.3) is 6.08 Å². The number of amides is 2. The minimum atomic E-state index is -1.02. The first-order chi connectivity index (χ1) is 15.2. The monoisotopic (exact) mass is 453 g/mol. The third kappa shape index (κ3) is 6.72. The molecular formula is C23H20ClN3O5. The average Bonchev–Trinajstić information content (AvgIpc) is 2.75. The number of hydrogen-bond acceptors (Lipinski definition) is 6. The van der Waals surface area contributed by atoms with Crippen molar-refractivity contribution in [1.82, 2.24) is 5.32 Å². The molecule has 0 atom stereocenters. The van der Waals surface area contributed by atoms with E-state index >= 15 is 0 Å². The summed E-state index contributed by atoms with van der Waals surface area (Å²) in [4.78, 5) is 35.9. The number of esters is 1. The zero-order chi connectivity index (χ0) is 23.7. The molecule has 0 fully saturated rings. The molecule has 0 saturated carbocycles. The molecule has 0 heterocycles. The lowest BCUT2D eigenvalue weighted by molar-refractivity contribution is -0.138. The van der Waals surface area contributed by atoms with Crippen LogP contribution in [0.15, 0.2) is 65.6 Å². The Morgan fingerprint density at radius 2 is 1.75 bits per heavy atom. The SMILES string of the molecule is CCOC(=O)/C(C#N)=C(O)/C(=C/c1ccc(Cl)cc1)NC(=O)c1ccc(NC(C)=O)cc1. The molecule has 8 nitrogen and oxygen atoms in total. The Hall–Kier alpha value is -4.09. The largest absolute Gasteiger partial charge is 0.504 e. The number of rotatable bonds is 7. The number of nitriles is 1. The summed E-state index contributed by atoms with van der Waals surface area (Å²) in [6, 6.07) is 14.1. The quantitative estimate of drug-likeness (QED) is 0.191. The average molecular weight is 454 g/mol. The van der Waals surface area contributed by atoms with Crippen molar-refractivity contribution in [2.24, 2.45) is 0 Å². The first-order valence-corrected chi connectivity index (χ1v) is 9.80. The molecule has 0 aromatic heterocycles. The highest BCUT2D eigenvalue weighted by atomic mass is 35.5. The molecule has 0 aliphatic carbocycles. The highest BCUT2D eigenvalue weighted by Crippen LogP contribution is 2.18. The Morgan fingerprint density at radius 3 is 2.28 bits per heavy atom. The van der Waals surface area contributed by atoms with E-state index in [2.05, 4.69) is 10.6 Å². The second-order valence-corrected chi connectivity index (χ2v) is 6.81. The van der Waals surface area contributed by atoms with E-state index in [0.29, 0.717) is 16.3 Å². The van der Waals surface area contributed by atoms with Gasteiger partial charge >= 0.3 is 5.97 Å². The molecule has 0 aliphatic heterocycles. The fourth-order valence-corrected chi connectivity index (χ4v) is 2.65. The predicted octanol–water partition coefficient (Wildman–Crippen LogP) is 3.97. The standard InChI is InChI=1S/C23H20ClN3O5/c1-3-32-23(31)19(13-25)21(29)20(12-15-4-8-17(24)9-5-15)27-22(30)16-6-10-18(11-7-16)26-14(2)28/h4-12,29H,3H2,1-2H3,(H,26,28)(H,27,30)/b20-12-,21-19-. The first-order valence-electron chi connectivity index (χ1n) is 9.42. The summed E-state index contributed by atoms with van der Waals surface area (Å²) in [6.07, 6.45) is 1.38. The summed E-state index contributed by atoms with van der Waals surface area (Å²) in [5.74, 6) is -2.65. The lowest BCUT2D eigenvalue weighted by Gasteiger charge is -2.12. The number of carbonyl (C=O) groups excluding carboxylic acids is 3. The fraction of sp³-hybridized carbons (Fsp3) is 0.130. The summed E-state index contributed by atoms with van der Waals surface area (Å²) >= 11 is 5.89. The molecule has 2 rings (SSSR count). The number of nitrogens with one attached hydrogen (secondary N) is 2. The van der Waals surface area contributed by atoms with Crippen LogP contribution in [0.3, 0.4) is 0 Å². The van der Waals surface area contributed by atoms with Gasteiger partial charge in [-0.3, -0.25) is 9.59 Å².